The molecular weight excluding hydrogens is 172 g/mol. The summed E-state index contributed by atoms with van der Waals surface area (Å²) < 4.78 is 10.6. The van der Waals surface area contributed by atoms with Gasteiger partial charge in [-0.25, -0.2) is 4.31 Å². The highest BCUT2D eigenvalue weighted by molar-refractivity contribution is 7.91. The average molecular weight is 182 g/mol. The van der Waals surface area contributed by atoms with Crippen molar-refractivity contribution in [2.45, 2.75) is 5.92 Å². The van der Waals surface area contributed by atoms with E-state index in [1.807, 2.05) is 16.6 Å². The molecule has 1 saturated heterocycles. The van der Waals surface area contributed by atoms with Crippen molar-refractivity contribution < 1.29 is 4.55 Å². The second-order valence-electron chi connectivity index (χ2n) is 2.91. The Morgan fingerprint density at radius 2 is 2.42 bits per heavy atom. The summed E-state index contributed by atoms with van der Waals surface area (Å²) in [4.78, 5) is 4.05. The predicted molar refractivity (Wildman–Crippen MR) is 48.8 cm³/mol. The first-order valence-corrected chi connectivity index (χ1v) is 4.59. The summed E-state index contributed by atoms with van der Waals surface area (Å²) in [7, 11) is 0. The second-order valence-corrected chi connectivity index (χ2v) is 3.59. The first kappa shape index (κ1) is 8.04. The monoisotopic (exact) mass is 182 g/mol. The van der Waals surface area contributed by atoms with E-state index in [0.29, 0.717) is 5.92 Å². The van der Waals surface area contributed by atoms with Crippen molar-refractivity contribution in [1.82, 2.24) is 9.29 Å². The third-order valence-electron chi connectivity index (χ3n) is 2.12. The molecule has 0 spiro atoms. The van der Waals surface area contributed by atoms with E-state index in [-0.39, 0.29) is 0 Å². The summed E-state index contributed by atoms with van der Waals surface area (Å²) in [6.45, 7) is 1.85. The maximum atomic E-state index is 8.68. The van der Waals surface area contributed by atoms with Crippen molar-refractivity contribution in [2.75, 3.05) is 13.1 Å². The third-order valence-corrected chi connectivity index (χ3v) is 2.65. The summed E-state index contributed by atoms with van der Waals surface area (Å²) in [5.74, 6) is 0.554. The van der Waals surface area contributed by atoms with Gasteiger partial charge in [0.05, 0.1) is 12.2 Å². The topological polar surface area (TPSA) is 36.4 Å². The quantitative estimate of drug-likeness (QED) is 0.556. The van der Waals surface area contributed by atoms with Gasteiger partial charge in [0.25, 0.3) is 0 Å². The molecule has 0 aliphatic carbocycles. The van der Waals surface area contributed by atoms with E-state index in [4.69, 9.17) is 4.55 Å². The molecule has 0 amide bonds. The van der Waals surface area contributed by atoms with E-state index in [9.17, 15) is 0 Å². The second kappa shape index (κ2) is 3.43. The molecule has 0 saturated carbocycles. The van der Waals surface area contributed by atoms with Crippen LogP contribution in [0.15, 0.2) is 24.5 Å². The van der Waals surface area contributed by atoms with Crippen LogP contribution in [0.4, 0.5) is 0 Å². The van der Waals surface area contributed by atoms with Crippen LogP contribution in [0.5, 0.6) is 0 Å². The Morgan fingerprint density at radius 1 is 1.58 bits per heavy atom. The SMILES string of the molecule is OSN1CC(c2cccnc2)C1. The normalized spacial score (nSPS) is 19.1. The zero-order valence-corrected chi connectivity index (χ0v) is 7.37. The Kier molecular flexibility index (Phi) is 2.30. The molecule has 1 aromatic heterocycles. The minimum absolute atomic E-state index is 0.554. The maximum Gasteiger partial charge on any atom is 0.0790 e. The van der Waals surface area contributed by atoms with Crippen LogP contribution in [0.1, 0.15) is 11.5 Å². The molecule has 1 fully saturated rings. The highest BCUT2D eigenvalue weighted by Gasteiger charge is 2.28. The lowest BCUT2D eigenvalue weighted by Gasteiger charge is -2.35. The van der Waals surface area contributed by atoms with Crippen molar-refractivity contribution in [1.29, 1.82) is 0 Å². The van der Waals surface area contributed by atoms with Crippen LogP contribution in [0.3, 0.4) is 0 Å². The number of hydrogen-bond donors (Lipinski definition) is 1. The predicted octanol–water partition coefficient (Wildman–Crippen LogP) is 1.60. The van der Waals surface area contributed by atoms with Crippen molar-refractivity contribution in [3.63, 3.8) is 0 Å². The molecule has 1 aliphatic rings. The number of aromatic nitrogens is 1. The lowest BCUT2D eigenvalue weighted by atomic mass is 9.95. The lowest BCUT2D eigenvalue weighted by molar-refractivity contribution is 0.277. The molecule has 2 heterocycles. The number of pyridine rings is 1. The van der Waals surface area contributed by atoms with Gasteiger partial charge < -0.3 is 4.55 Å². The smallest absolute Gasteiger partial charge is 0.0790 e. The van der Waals surface area contributed by atoms with E-state index in [1.165, 1.54) is 5.56 Å². The third kappa shape index (κ3) is 1.46. The van der Waals surface area contributed by atoms with Crippen LogP contribution in [0, 0.1) is 0 Å². The van der Waals surface area contributed by atoms with Gasteiger partial charge in [-0.15, -0.1) is 0 Å². The lowest BCUT2D eigenvalue weighted by Crippen LogP contribution is -2.39. The van der Waals surface area contributed by atoms with E-state index in [1.54, 1.807) is 6.20 Å². The highest BCUT2D eigenvalue weighted by atomic mass is 32.2. The minimum Gasteiger partial charge on any atom is -0.317 e. The van der Waals surface area contributed by atoms with E-state index in [2.05, 4.69) is 11.1 Å². The van der Waals surface area contributed by atoms with Gasteiger partial charge in [0.15, 0.2) is 0 Å². The van der Waals surface area contributed by atoms with Crippen LogP contribution in [-0.2, 0) is 0 Å². The van der Waals surface area contributed by atoms with Gasteiger partial charge in [-0.3, -0.25) is 4.98 Å². The van der Waals surface area contributed by atoms with Gasteiger partial charge in [0.1, 0.15) is 0 Å². The molecule has 0 atom stereocenters. The zero-order valence-electron chi connectivity index (χ0n) is 6.55. The zero-order chi connectivity index (χ0) is 8.39. The highest BCUT2D eigenvalue weighted by Crippen LogP contribution is 2.29. The first-order valence-electron chi connectivity index (χ1n) is 3.86. The molecule has 2 rings (SSSR count). The molecule has 3 nitrogen and oxygen atoms in total. The summed E-state index contributed by atoms with van der Waals surface area (Å²) in [6.07, 6.45) is 3.67. The number of hydrogen-bond acceptors (Lipinski definition) is 4. The standard InChI is InChI=1S/C8H10N2OS/c11-12-10-5-8(6-10)7-2-1-3-9-4-7/h1-4,8,11H,5-6H2. The van der Waals surface area contributed by atoms with Crippen molar-refractivity contribution in [3.05, 3.63) is 30.1 Å². The molecule has 0 bridgehead atoms. The van der Waals surface area contributed by atoms with Gasteiger partial charge in [-0.1, -0.05) is 6.07 Å². The van der Waals surface area contributed by atoms with Crippen LogP contribution >= 0.6 is 12.2 Å². The Labute approximate surface area is 75.8 Å². The Balaban J connectivity index is 1.97. The van der Waals surface area contributed by atoms with E-state index in [0.717, 1.165) is 25.3 Å². The average Bonchev–Trinajstić information content (AvgIpc) is 2.04. The molecule has 1 aliphatic heterocycles. The fourth-order valence-electron chi connectivity index (χ4n) is 1.33. The molecule has 64 valence electrons. The van der Waals surface area contributed by atoms with Gasteiger partial charge in [-0.2, -0.15) is 0 Å². The van der Waals surface area contributed by atoms with Crippen molar-refractivity contribution in [2.24, 2.45) is 0 Å². The Morgan fingerprint density at radius 3 is 3.00 bits per heavy atom. The van der Waals surface area contributed by atoms with Crippen molar-refractivity contribution >= 4 is 12.2 Å². The fourth-order valence-corrected chi connectivity index (χ4v) is 1.83. The Hall–Kier alpha value is -0.580. The molecule has 0 aromatic carbocycles. The largest absolute Gasteiger partial charge is 0.317 e. The Bertz CT molecular complexity index is 248. The summed E-state index contributed by atoms with van der Waals surface area (Å²) in [6, 6.07) is 4.03. The molecule has 4 heteroatoms. The number of rotatable bonds is 2. The van der Waals surface area contributed by atoms with Gasteiger partial charge in [-0.05, 0) is 11.6 Å². The molecule has 1 N–H and O–H groups in total. The maximum absolute atomic E-state index is 8.68. The van der Waals surface area contributed by atoms with Crippen LogP contribution in [-0.4, -0.2) is 26.9 Å². The first-order chi connectivity index (χ1) is 5.90. The van der Waals surface area contributed by atoms with Gasteiger partial charge in [0.2, 0.25) is 0 Å². The number of nitrogens with zero attached hydrogens (tertiary/aromatic N) is 2. The minimum atomic E-state index is 0.554. The summed E-state index contributed by atoms with van der Waals surface area (Å²) >= 11 is 0.823. The van der Waals surface area contributed by atoms with Crippen LogP contribution in [0.25, 0.3) is 0 Å². The van der Waals surface area contributed by atoms with E-state index < -0.39 is 0 Å². The molecule has 1 aromatic rings. The van der Waals surface area contributed by atoms with Crippen LogP contribution in [0.2, 0.25) is 0 Å². The van der Waals surface area contributed by atoms with Crippen LogP contribution < -0.4 is 0 Å². The summed E-state index contributed by atoms with van der Waals surface area (Å²) in [5.41, 5.74) is 1.27. The van der Waals surface area contributed by atoms with Gasteiger partial charge >= 0.3 is 0 Å². The molecule has 0 unspecified atom stereocenters. The molecule has 0 radical (unpaired) electrons. The fraction of sp³-hybridized carbons (Fsp3) is 0.375. The van der Waals surface area contributed by atoms with Crippen molar-refractivity contribution in [3.8, 4) is 0 Å². The van der Waals surface area contributed by atoms with E-state index >= 15 is 0 Å². The summed E-state index contributed by atoms with van der Waals surface area (Å²) in [5, 5.41) is 0. The molecular formula is C8H10N2OS. The molecule has 12 heavy (non-hydrogen) atoms. The van der Waals surface area contributed by atoms with Gasteiger partial charge in [0, 0.05) is 31.4 Å².